The number of fused-ring (bicyclic) bond motifs is 1. The van der Waals surface area contributed by atoms with Crippen LogP contribution < -0.4 is 15.0 Å². The largest absolute Gasteiger partial charge is 0.482 e. The molecule has 1 atom stereocenters. The van der Waals surface area contributed by atoms with Gasteiger partial charge in [0.25, 0.3) is 5.91 Å². The summed E-state index contributed by atoms with van der Waals surface area (Å²) in [5.41, 5.74) is 3.03. The van der Waals surface area contributed by atoms with Crippen LogP contribution in [0.15, 0.2) is 66.0 Å². The van der Waals surface area contributed by atoms with Crippen LogP contribution in [0.25, 0.3) is 0 Å². The van der Waals surface area contributed by atoms with Crippen LogP contribution in [0.1, 0.15) is 35.4 Å². The van der Waals surface area contributed by atoms with E-state index in [0.717, 1.165) is 16.9 Å². The third-order valence-electron chi connectivity index (χ3n) is 5.23. The molecule has 1 aliphatic rings. The third-order valence-corrected chi connectivity index (χ3v) is 6.16. The molecule has 4 rings (SSSR count). The van der Waals surface area contributed by atoms with Crippen molar-refractivity contribution in [3.05, 3.63) is 82.0 Å². The zero-order valence-electron chi connectivity index (χ0n) is 16.8. The summed E-state index contributed by atoms with van der Waals surface area (Å²) in [6.45, 7) is 2.44. The molecule has 0 saturated heterocycles. The molecule has 0 saturated carbocycles. The average Bonchev–Trinajstić information content (AvgIpc) is 3.31. The fourth-order valence-electron chi connectivity index (χ4n) is 3.57. The number of carbonyl (C=O) groups is 2. The van der Waals surface area contributed by atoms with Crippen molar-refractivity contribution in [2.24, 2.45) is 0 Å². The van der Waals surface area contributed by atoms with E-state index in [1.807, 2.05) is 41.8 Å². The molecule has 1 aliphatic heterocycles. The molecule has 0 unspecified atom stereocenters. The molecule has 30 heavy (non-hydrogen) atoms. The number of thiophene rings is 1. The van der Waals surface area contributed by atoms with Crippen LogP contribution in [0.5, 0.6) is 5.75 Å². The Balaban J connectivity index is 1.46. The lowest BCUT2D eigenvalue weighted by Crippen LogP contribution is -2.41. The maximum atomic E-state index is 12.8. The first-order chi connectivity index (χ1) is 14.7. The van der Waals surface area contributed by atoms with Gasteiger partial charge in [0.05, 0.1) is 11.7 Å². The molecule has 6 heteroatoms. The van der Waals surface area contributed by atoms with Crippen molar-refractivity contribution in [2.75, 3.05) is 18.1 Å². The molecule has 5 nitrogen and oxygen atoms in total. The van der Waals surface area contributed by atoms with Crippen molar-refractivity contribution < 1.29 is 14.3 Å². The summed E-state index contributed by atoms with van der Waals surface area (Å²) in [6, 6.07) is 19.6. The van der Waals surface area contributed by atoms with E-state index in [2.05, 4.69) is 36.5 Å². The lowest BCUT2D eigenvalue weighted by atomic mass is 10.0. The van der Waals surface area contributed by atoms with E-state index in [1.165, 1.54) is 5.56 Å². The minimum atomic E-state index is -0.198. The predicted octanol–water partition coefficient (Wildman–Crippen LogP) is 4.33. The third kappa shape index (κ3) is 4.39. The molecule has 0 aliphatic carbocycles. The number of hydrogen-bond donors (Lipinski definition) is 1. The highest BCUT2D eigenvalue weighted by Gasteiger charge is 2.26. The summed E-state index contributed by atoms with van der Waals surface area (Å²) >= 11 is 1.62. The Morgan fingerprint density at radius 2 is 1.93 bits per heavy atom. The number of rotatable bonds is 7. The first-order valence-corrected chi connectivity index (χ1v) is 11.0. The van der Waals surface area contributed by atoms with Gasteiger partial charge >= 0.3 is 0 Å². The summed E-state index contributed by atoms with van der Waals surface area (Å²) in [7, 11) is 0. The molecule has 2 amide bonds. The number of anilines is 1. The summed E-state index contributed by atoms with van der Waals surface area (Å²) in [5.74, 6) is 0.446. The van der Waals surface area contributed by atoms with Crippen molar-refractivity contribution in [1.29, 1.82) is 0 Å². The number of aryl methyl sites for hydroxylation is 1. The van der Waals surface area contributed by atoms with Crippen molar-refractivity contribution >= 4 is 28.8 Å². The van der Waals surface area contributed by atoms with Crippen LogP contribution in [-0.2, 0) is 16.0 Å². The van der Waals surface area contributed by atoms with E-state index in [0.29, 0.717) is 18.0 Å². The highest BCUT2D eigenvalue weighted by atomic mass is 32.1. The van der Waals surface area contributed by atoms with Gasteiger partial charge < -0.3 is 15.0 Å². The fraction of sp³-hybridized carbons (Fsp3) is 0.250. The second kappa shape index (κ2) is 9.13. The summed E-state index contributed by atoms with van der Waals surface area (Å²) in [6.07, 6.45) is 1.19. The molecule has 0 fully saturated rings. The normalized spacial score (nSPS) is 14.0. The minimum absolute atomic E-state index is 0.000228. The van der Waals surface area contributed by atoms with E-state index in [1.54, 1.807) is 16.2 Å². The van der Waals surface area contributed by atoms with Crippen LogP contribution in [0.2, 0.25) is 0 Å². The van der Waals surface area contributed by atoms with Crippen LogP contribution in [-0.4, -0.2) is 25.0 Å². The molecule has 1 aromatic heterocycles. The quantitative estimate of drug-likeness (QED) is 0.619. The number of nitrogens with one attached hydrogen (secondary N) is 1. The molecule has 154 valence electrons. The smallest absolute Gasteiger partial charge is 0.265 e. The van der Waals surface area contributed by atoms with E-state index in [4.69, 9.17) is 4.74 Å². The van der Waals surface area contributed by atoms with Gasteiger partial charge in [-0.15, -0.1) is 11.3 Å². The molecule has 0 bridgehead atoms. The van der Waals surface area contributed by atoms with Crippen LogP contribution in [0.3, 0.4) is 0 Å². The molecule has 1 N–H and O–H groups in total. The van der Waals surface area contributed by atoms with Crippen LogP contribution in [0, 0.1) is 0 Å². The Bertz CT molecular complexity index is 1020. The predicted molar refractivity (Wildman–Crippen MR) is 119 cm³/mol. The monoisotopic (exact) mass is 420 g/mol. The standard InChI is InChI=1S/C24H24N2O3S/c1-2-17-9-11-18(12-10-17)24(21-8-5-15-30-21)25-22(27)13-14-26-19-6-3-4-7-20(19)29-16-23(26)28/h3-12,15,24H,2,13-14,16H2,1H3,(H,25,27)/t24-/m0/s1. The number of para-hydroxylation sites is 2. The average molecular weight is 421 g/mol. The van der Waals surface area contributed by atoms with Crippen molar-refractivity contribution in [3.63, 3.8) is 0 Å². The van der Waals surface area contributed by atoms with Gasteiger partial charge in [0.2, 0.25) is 5.91 Å². The highest BCUT2D eigenvalue weighted by Crippen LogP contribution is 2.31. The molecule has 3 aromatic rings. The van der Waals surface area contributed by atoms with Gasteiger partial charge in [-0.05, 0) is 41.1 Å². The minimum Gasteiger partial charge on any atom is -0.482 e. The highest BCUT2D eigenvalue weighted by molar-refractivity contribution is 7.10. The van der Waals surface area contributed by atoms with Crippen LogP contribution >= 0.6 is 11.3 Å². The first-order valence-electron chi connectivity index (χ1n) is 10.1. The second-order valence-corrected chi connectivity index (χ2v) is 8.14. The Labute approximate surface area is 180 Å². The first kappa shape index (κ1) is 20.2. The van der Waals surface area contributed by atoms with Crippen molar-refractivity contribution in [3.8, 4) is 5.75 Å². The number of carbonyl (C=O) groups excluding carboxylic acids is 2. The summed E-state index contributed by atoms with van der Waals surface area (Å²) in [5, 5.41) is 5.17. The van der Waals surface area contributed by atoms with Crippen molar-refractivity contribution in [1.82, 2.24) is 5.32 Å². The lowest BCUT2D eigenvalue weighted by Gasteiger charge is -2.29. The molecular formula is C24H24N2O3S. The zero-order chi connectivity index (χ0) is 20.9. The van der Waals surface area contributed by atoms with Gasteiger partial charge in [0, 0.05) is 17.8 Å². The van der Waals surface area contributed by atoms with Gasteiger partial charge in [-0.1, -0.05) is 49.4 Å². The summed E-state index contributed by atoms with van der Waals surface area (Å²) < 4.78 is 5.47. The summed E-state index contributed by atoms with van der Waals surface area (Å²) in [4.78, 5) is 27.9. The van der Waals surface area contributed by atoms with Gasteiger partial charge in [-0.2, -0.15) is 0 Å². The Kier molecular flexibility index (Phi) is 6.14. The van der Waals surface area contributed by atoms with Gasteiger partial charge in [-0.25, -0.2) is 0 Å². The number of benzene rings is 2. The molecular weight excluding hydrogens is 396 g/mol. The fourth-order valence-corrected chi connectivity index (χ4v) is 4.37. The van der Waals surface area contributed by atoms with Gasteiger partial charge in [0.15, 0.2) is 6.61 Å². The van der Waals surface area contributed by atoms with E-state index in [-0.39, 0.29) is 30.9 Å². The Morgan fingerprint density at radius 3 is 2.67 bits per heavy atom. The van der Waals surface area contributed by atoms with Crippen LogP contribution in [0.4, 0.5) is 5.69 Å². The zero-order valence-corrected chi connectivity index (χ0v) is 17.7. The second-order valence-electron chi connectivity index (χ2n) is 7.16. The molecule has 0 spiro atoms. The molecule has 2 aromatic carbocycles. The van der Waals surface area contributed by atoms with E-state index in [9.17, 15) is 9.59 Å². The number of hydrogen-bond acceptors (Lipinski definition) is 4. The number of nitrogens with zero attached hydrogens (tertiary/aromatic N) is 1. The van der Waals surface area contributed by atoms with E-state index < -0.39 is 0 Å². The molecule has 0 radical (unpaired) electrons. The topological polar surface area (TPSA) is 58.6 Å². The Hall–Kier alpha value is -3.12. The molecule has 2 heterocycles. The SMILES string of the molecule is CCc1ccc([C@H](NC(=O)CCN2C(=O)COc3ccccc32)c2cccs2)cc1. The number of amides is 2. The van der Waals surface area contributed by atoms with E-state index >= 15 is 0 Å². The maximum Gasteiger partial charge on any atom is 0.265 e. The lowest BCUT2D eigenvalue weighted by molar-refractivity contribution is -0.122. The van der Waals surface area contributed by atoms with Crippen molar-refractivity contribution in [2.45, 2.75) is 25.8 Å². The van der Waals surface area contributed by atoms with Gasteiger partial charge in [0.1, 0.15) is 5.75 Å². The maximum absolute atomic E-state index is 12.8. The number of ether oxygens (including phenoxy) is 1. The Morgan fingerprint density at radius 1 is 1.13 bits per heavy atom. The van der Waals surface area contributed by atoms with Gasteiger partial charge in [-0.3, -0.25) is 9.59 Å².